The van der Waals surface area contributed by atoms with E-state index in [4.69, 9.17) is 22.7 Å². The zero-order valence-electron chi connectivity index (χ0n) is 9.72. The van der Waals surface area contributed by atoms with E-state index in [0.29, 0.717) is 31.1 Å². The highest BCUT2D eigenvalue weighted by Crippen LogP contribution is 2.12. The van der Waals surface area contributed by atoms with Crippen molar-refractivity contribution in [1.82, 2.24) is 4.90 Å². The first-order valence-corrected chi connectivity index (χ1v) is 6.54. The summed E-state index contributed by atoms with van der Waals surface area (Å²) in [6.45, 7) is 1.60. The van der Waals surface area contributed by atoms with Crippen LogP contribution >= 0.6 is 23.6 Å². The average molecular weight is 272 g/mol. The maximum Gasteiger partial charge on any atom is 0.264 e. The molecular weight excluding hydrogens is 256 g/mol. The van der Waals surface area contributed by atoms with E-state index in [1.54, 1.807) is 12.0 Å². The van der Waals surface area contributed by atoms with E-state index in [0.717, 1.165) is 4.88 Å². The van der Waals surface area contributed by atoms with E-state index in [-0.39, 0.29) is 5.91 Å². The van der Waals surface area contributed by atoms with Crippen molar-refractivity contribution < 1.29 is 9.53 Å². The third kappa shape index (κ3) is 4.80. The van der Waals surface area contributed by atoms with Gasteiger partial charge in [0, 0.05) is 26.6 Å². The summed E-state index contributed by atoms with van der Waals surface area (Å²) >= 11 is 6.26. The Morgan fingerprint density at radius 1 is 1.59 bits per heavy atom. The molecule has 0 aliphatic carbocycles. The molecule has 17 heavy (non-hydrogen) atoms. The quantitative estimate of drug-likeness (QED) is 0.765. The number of hydrogen-bond donors (Lipinski definition) is 1. The molecule has 0 unspecified atom stereocenters. The summed E-state index contributed by atoms with van der Waals surface area (Å²) in [5.41, 5.74) is 5.45. The molecule has 1 heterocycles. The van der Waals surface area contributed by atoms with Crippen molar-refractivity contribution in [3.8, 4) is 0 Å². The van der Waals surface area contributed by atoms with Gasteiger partial charge in [0.1, 0.15) is 0 Å². The number of nitrogens with two attached hydrogens (primary N) is 1. The summed E-state index contributed by atoms with van der Waals surface area (Å²) < 4.78 is 4.99. The van der Waals surface area contributed by atoms with Gasteiger partial charge in [-0.1, -0.05) is 18.3 Å². The topological polar surface area (TPSA) is 55.6 Å². The fourth-order valence-electron chi connectivity index (χ4n) is 1.32. The summed E-state index contributed by atoms with van der Waals surface area (Å²) in [5, 5.41) is 1.88. The molecule has 0 saturated carbocycles. The fraction of sp³-hybridized carbons (Fsp3) is 0.455. The zero-order chi connectivity index (χ0) is 12.7. The van der Waals surface area contributed by atoms with Crippen LogP contribution in [-0.2, 0) is 4.74 Å². The van der Waals surface area contributed by atoms with Crippen LogP contribution < -0.4 is 5.73 Å². The van der Waals surface area contributed by atoms with Crippen LogP contribution in [0.2, 0.25) is 0 Å². The molecule has 0 bridgehead atoms. The van der Waals surface area contributed by atoms with Crippen molar-refractivity contribution in [1.29, 1.82) is 0 Å². The number of thiophene rings is 1. The van der Waals surface area contributed by atoms with E-state index in [2.05, 4.69) is 0 Å². The minimum atomic E-state index is 0.00769. The highest BCUT2D eigenvalue weighted by molar-refractivity contribution is 7.80. The number of rotatable bonds is 7. The van der Waals surface area contributed by atoms with Gasteiger partial charge in [0.2, 0.25) is 0 Å². The number of nitrogens with zero attached hydrogens (tertiary/aromatic N) is 1. The van der Waals surface area contributed by atoms with E-state index in [9.17, 15) is 4.79 Å². The van der Waals surface area contributed by atoms with Crippen LogP contribution in [-0.4, -0.2) is 42.6 Å². The Hall–Kier alpha value is -0.980. The Morgan fingerprint density at radius 2 is 2.35 bits per heavy atom. The number of carbonyl (C=O) groups is 1. The van der Waals surface area contributed by atoms with Crippen LogP contribution in [0.25, 0.3) is 0 Å². The second kappa shape index (κ2) is 7.37. The lowest BCUT2D eigenvalue weighted by molar-refractivity contribution is 0.0706. The molecule has 1 amide bonds. The minimum absolute atomic E-state index is 0.00769. The molecule has 0 aliphatic rings. The Labute approximate surface area is 110 Å². The standard InChI is InChI=1S/C11H16N2O2S2/c1-15-7-6-13(5-4-10(12)16)11(14)9-3-2-8-17-9/h2-3,8H,4-7H2,1H3,(H2,12,16). The van der Waals surface area contributed by atoms with Crippen LogP contribution in [0.3, 0.4) is 0 Å². The molecule has 1 aromatic heterocycles. The number of amides is 1. The molecule has 1 aromatic rings. The SMILES string of the molecule is COCCN(CCC(N)=S)C(=O)c1cccs1. The number of hydrogen-bond acceptors (Lipinski definition) is 4. The van der Waals surface area contributed by atoms with Crippen molar-refractivity contribution in [2.24, 2.45) is 5.73 Å². The maximum atomic E-state index is 12.1. The first kappa shape index (κ1) is 14.1. The lowest BCUT2D eigenvalue weighted by atomic mass is 10.3. The average Bonchev–Trinajstić information content (AvgIpc) is 2.81. The lowest BCUT2D eigenvalue weighted by Gasteiger charge is -2.21. The molecule has 4 nitrogen and oxygen atoms in total. The molecule has 0 radical (unpaired) electrons. The largest absolute Gasteiger partial charge is 0.393 e. The molecule has 0 aliphatic heterocycles. The summed E-state index contributed by atoms with van der Waals surface area (Å²) in [6.07, 6.45) is 0.538. The maximum absolute atomic E-state index is 12.1. The Kier molecular flexibility index (Phi) is 6.10. The van der Waals surface area contributed by atoms with Crippen molar-refractivity contribution >= 4 is 34.5 Å². The fourth-order valence-corrected chi connectivity index (χ4v) is 2.10. The number of methoxy groups -OCH3 is 1. The van der Waals surface area contributed by atoms with Gasteiger partial charge in [-0.05, 0) is 11.4 Å². The molecule has 2 N–H and O–H groups in total. The molecule has 0 aromatic carbocycles. The van der Waals surface area contributed by atoms with Gasteiger partial charge >= 0.3 is 0 Å². The third-order valence-corrected chi connectivity index (χ3v) is 3.27. The Balaban J connectivity index is 2.61. The van der Waals surface area contributed by atoms with Crippen LogP contribution in [0.4, 0.5) is 0 Å². The molecule has 0 saturated heterocycles. The predicted octanol–water partition coefficient (Wildman–Crippen LogP) is 1.51. The van der Waals surface area contributed by atoms with Gasteiger partial charge in [0.15, 0.2) is 0 Å². The van der Waals surface area contributed by atoms with Crippen molar-refractivity contribution in [3.05, 3.63) is 22.4 Å². The number of ether oxygens (including phenoxy) is 1. The molecule has 0 spiro atoms. The predicted molar refractivity (Wildman–Crippen MR) is 73.5 cm³/mol. The summed E-state index contributed by atoms with van der Waals surface area (Å²) in [5.74, 6) is 0.00769. The summed E-state index contributed by atoms with van der Waals surface area (Å²) in [6, 6.07) is 3.67. The molecule has 94 valence electrons. The second-order valence-electron chi connectivity index (χ2n) is 3.48. The number of carbonyl (C=O) groups excluding carboxylic acids is 1. The van der Waals surface area contributed by atoms with E-state index in [1.165, 1.54) is 11.3 Å². The zero-order valence-corrected chi connectivity index (χ0v) is 11.4. The van der Waals surface area contributed by atoms with Gasteiger partial charge < -0.3 is 15.4 Å². The second-order valence-corrected chi connectivity index (χ2v) is 4.95. The molecule has 0 fully saturated rings. The van der Waals surface area contributed by atoms with E-state index >= 15 is 0 Å². The van der Waals surface area contributed by atoms with Gasteiger partial charge in [-0.2, -0.15) is 0 Å². The van der Waals surface area contributed by atoms with Crippen LogP contribution in [0, 0.1) is 0 Å². The lowest BCUT2D eigenvalue weighted by Crippen LogP contribution is -2.35. The third-order valence-electron chi connectivity index (χ3n) is 2.21. The Bertz CT molecular complexity index is 366. The van der Waals surface area contributed by atoms with Crippen molar-refractivity contribution in [2.45, 2.75) is 6.42 Å². The Morgan fingerprint density at radius 3 is 2.88 bits per heavy atom. The van der Waals surface area contributed by atoms with E-state index in [1.807, 2.05) is 17.5 Å². The highest BCUT2D eigenvalue weighted by atomic mass is 32.1. The van der Waals surface area contributed by atoms with Crippen LogP contribution in [0.1, 0.15) is 16.1 Å². The number of thiocarbonyl (C=S) groups is 1. The first-order valence-electron chi connectivity index (χ1n) is 5.25. The highest BCUT2D eigenvalue weighted by Gasteiger charge is 2.16. The van der Waals surface area contributed by atoms with Gasteiger partial charge in [0.05, 0.1) is 16.5 Å². The molecule has 1 rings (SSSR count). The van der Waals surface area contributed by atoms with Gasteiger partial charge in [-0.25, -0.2) is 0 Å². The van der Waals surface area contributed by atoms with Crippen LogP contribution in [0.5, 0.6) is 0 Å². The van der Waals surface area contributed by atoms with Crippen molar-refractivity contribution in [3.63, 3.8) is 0 Å². The van der Waals surface area contributed by atoms with Crippen molar-refractivity contribution in [2.75, 3.05) is 26.8 Å². The monoisotopic (exact) mass is 272 g/mol. The smallest absolute Gasteiger partial charge is 0.264 e. The molecule has 0 atom stereocenters. The van der Waals surface area contributed by atoms with Crippen LogP contribution in [0.15, 0.2) is 17.5 Å². The minimum Gasteiger partial charge on any atom is -0.393 e. The molecule has 6 heteroatoms. The van der Waals surface area contributed by atoms with Gasteiger partial charge in [-0.3, -0.25) is 4.79 Å². The first-order chi connectivity index (χ1) is 8.15. The molecular formula is C11H16N2O2S2. The summed E-state index contributed by atoms with van der Waals surface area (Å²) in [7, 11) is 1.61. The summed E-state index contributed by atoms with van der Waals surface area (Å²) in [4.78, 5) is 15.0. The normalized spacial score (nSPS) is 10.2. The van der Waals surface area contributed by atoms with E-state index < -0.39 is 0 Å². The van der Waals surface area contributed by atoms with Gasteiger partial charge in [-0.15, -0.1) is 11.3 Å². The van der Waals surface area contributed by atoms with Gasteiger partial charge in [0.25, 0.3) is 5.91 Å².